The Morgan fingerprint density at radius 2 is 2.35 bits per heavy atom. The standard InChI is InChI=1S/C17H22N4O2/c1-11(8-12-4-2-5-13(22)9-12)19-17(23)15-10-16-14(18)6-3-7-21(16)20-15/h2,4-5,9-11,14,22H,3,6-8,18H2,1H3,(H,19,23). The summed E-state index contributed by atoms with van der Waals surface area (Å²) in [6.45, 7) is 2.75. The third kappa shape index (κ3) is 3.53. The molecule has 2 heterocycles. The number of nitrogens with one attached hydrogen (secondary N) is 1. The van der Waals surface area contributed by atoms with Gasteiger partial charge < -0.3 is 16.2 Å². The lowest BCUT2D eigenvalue weighted by Crippen LogP contribution is -2.34. The number of amides is 1. The number of hydrogen-bond donors (Lipinski definition) is 3. The molecule has 3 rings (SSSR count). The molecule has 1 aliphatic heterocycles. The number of rotatable bonds is 4. The number of aromatic nitrogens is 2. The number of nitrogens with zero attached hydrogens (tertiary/aromatic N) is 2. The molecule has 23 heavy (non-hydrogen) atoms. The van der Waals surface area contributed by atoms with Gasteiger partial charge >= 0.3 is 0 Å². The van der Waals surface area contributed by atoms with Crippen molar-refractivity contribution in [1.29, 1.82) is 0 Å². The molecule has 4 N–H and O–H groups in total. The van der Waals surface area contributed by atoms with Crippen LogP contribution < -0.4 is 11.1 Å². The zero-order chi connectivity index (χ0) is 16.4. The number of phenolic OH excluding ortho intramolecular Hbond substituents is 1. The number of aryl methyl sites for hydroxylation is 1. The van der Waals surface area contributed by atoms with E-state index in [1.165, 1.54) is 0 Å². The zero-order valence-electron chi connectivity index (χ0n) is 13.2. The lowest BCUT2D eigenvalue weighted by Gasteiger charge is -2.19. The van der Waals surface area contributed by atoms with E-state index in [9.17, 15) is 9.90 Å². The SMILES string of the molecule is CC(Cc1cccc(O)c1)NC(=O)c1cc2n(n1)CCCC2N. The van der Waals surface area contributed by atoms with E-state index in [0.717, 1.165) is 30.6 Å². The number of carbonyl (C=O) groups is 1. The van der Waals surface area contributed by atoms with Gasteiger partial charge in [0.05, 0.1) is 5.69 Å². The number of phenols is 1. The molecule has 1 aliphatic rings. The van der Waals surface area contributed by atoms with Gasteiger partial charge in [-0.05, 0) is 49.9 Å². The smallest absolute Gasteiger partial charge is 0.272 e. The molecule has 0 bridgehead atoms. The second-order valence-electron chi connectivity index (χ2n) is 6.17. The number of hydrogen-bond acceptors (Lipinski definition) is 4. The Morgan fingerprint density at radius 1 is 1.52 bits per heavy atom. The summed E-state index contributed by atoms with van der Waals surface area (Å²) in [5, 5.41) is 16.8. The molecule has 0 radical (unpaired) electrons. The first kappa shape index (κ1) is 15.6. The average Bonchev–Trinajstić information content (AvgIpc) is 2.93. The van der Waals surface area contributed by atoms with Crippen LogP contribution in [0.5, 0.6) is 5.75 Å². The van der Waals surface area contributed by atoms with Crippen molar-refractivity contribution in [3.63, 3.8) is 0 Å². The highest BCUT2D eigenvalue weighted by Gasteiger charge is 2.22. The minimum absolute atomic E-state index is 0.0393. The quantitative estimate of drug-likeness (QED) is 0.801. The average molecular weight is 314 g/mol. The van der Waals surface area contributed by atoms with Gasteiger partial charge in [-0.2, -0.15) is 5.10 Å². The summed E-state index contributed by atoms with van der Waals surface area (Å²) in [6.07, 6.45) is 2.57. The maximum Gasteiger partial charge on any atom is 0.272 e. The fourth-order valence-electron chi connectivity index (χ4n) is 3.01. The van der Waals surface area contributed by atoms with Crippen LogP contribution in [-0.4, -0.2) is 26.8 Å². The minimum atomic E-state index is -0.188. The van der Waals surface area contributed by atoms with E-state index in [2.05, 4.69) is 10.4 Å². The first-order valence-electron chi connectivity index (χ1n) is 7.95. The Hall–Kier alpha value is -2.34. The largest absolute Gasteiger partial charge is 0.508 e. The number of carbonyl (C=O) groups excluding carboxylic acids is 1. The van der Waals surface area contributed by atoms with E-state index < -0.39 is 0 Å². The number of fused-ring (bicyclic) bond motifs is 1. The predicted molar refractivity (Wildman–Crippen MR) is 87.1 cm³/mol. The maximum atomic E-state index is 12.4. The minimum Gasteiger partial charge on any atom is -0.508 e. The van der Waals surface area contributed by atoms with Crippen molar-refractivity contribution < 1.29 is 9.90 Å². The van der Waals surface area contributed by atoms with Gasteiger partial charge in [-0.1, -0.05) is 12.1 Å². The van der Waals surface area contributed by atoms with Crippen molar-refractivity contribution >= 4 is 5.91 Å². The second-order valence-corrected chi connectivity index (χ2v) is 6.17. The molecule has 122 valence electrons. The molecule has 6 heteroatoms. The molecule has 2 aromatic rings. The normalized spacial score (nSPS) is 18.3. The van der Waals surface area contributed by atoms with Crippen molar-refractivity contribution in [1.82, 2.24) is 15.1 Å². The zero-order valence-corrected chi connectivity index (χ0v) is 13.2. The molecule has 0 saturated carbocycles. The van der Waals surface area contributed by atoms with E-state index in [1.807, 2.05) is 17.7 Å². The fourth-order valence-corrected chi connectivity index (χ4v) is 3.01. The summed E-state index contributed by atoms with van der Waals surface area (Å²) >= 11 is 0. The Labute approximate surface area is 135 Å². The molecular formula is C17H22N4O2. The van der Waals surface area contributed by atoms with Gasteiger partial charge in [-0.25, -0.2) is 0 Å². The summed E-state index contributed by atoms with van der Waals surface area (Å²) < 4.78 is 1.84. The molecule has 0 saturated heterocycles. The van der Waals surface area contributed by atoms with Gasteiger partial charge in [0.1, 0.15) is 5.75 Å². The lowest BCUT2D eigenvalue weighted by molar-refractivity contribution is 0.0934. The van der Waals surface area contributed by atoms with Crippen molar-refractivity contribution in [2.45, 2.75) is 44.8 Å². The summed E-state index contributed by atoms with van der Waals surface area (Å²) in [7, 11) is 0. The molecule has 0 fully saturated rings. The van der Waals surface area contributed by atoms with Crippen LogP contribution in [0.3, 0.4) is 0 Å². The Kier molecular flexibility index (Phi) is 4.34. The molecule has 0 aliphatic carbocycles. The first-order valence-corrected chi connectivity index (χ1v) is 7.95. The van der Waals surface area contributed by atoms with Gasteiger partial charge in [0.25, 0.3) is 5.91 Å². The predicted octanol–water partition coefficient (Wildman–Crippen LogP) is 1.74. The van der Waals surface area contributed by atoms with Crippen LogP contribution in [0.2, 0.25) is 0 Å². The van der Waals surface area contributed by atoms with Crippen molar-refractivity contribution in [2.24, 2.45) is 5.73 Å². The van der Waals surface area contributed by atoms with Gasteiger partial charge in [0, 0.05) is 18.6 Å². The third-order valence-electron chi connectivity index (χ3n) is 4.14. The topological polar surface area (TPSA) is 93.2 Å². The Bertz CT molecular complexity index is 710. The van der Waals surface area contributed by atoms with Gasteiger partial charge in [0.15, 0.2) is 5.69 Å². The van der Waals surface area contributed by atoms with Crippen LogP contribution in [-0.2, 0) is 13.0 Å². The Balaban J connectivity index is 1.65. The van der Waals surface area contributed by atoms with E-state index >= 15 is 0 Å². The lowest BCUT2D eigenvalue weighted by atomic mass is 10.0. The van der Waals surface area contributed by atoms with Crippen LogP contribution in [0, 0.1) is 0 Å². The molecular weight excluding hydrogens is 292 g/mol. The molecule has 0 spiro atoms. The summed E-state index contributed by atoms with van der Waals surface area (Å²) in [5.74, 6) is 0.0449. The van der Waals surface area contributed by atoms with Crippen LogP contribution in [0.25, 0.3) is 0 Å². The number of nitrogens with two attached hydrogens (primary N) is 1. The molecule has 2 atom stereocenters. The first-order chi connectivity index (χ1) is 11.0. The van der Waals surface area contributed by atoms with Crippen molar-refractivity contribution in [2.75, 3.05) is 0 Å². The second kappa shape index (κ2) is 6.42. The molecule has 1 aromatic heterocycles. The summed E-state index contributed by atoms with van der Waals surface area (Å²) in [5.41, 5.74) is 8.39. The summed E-state index contributed by atoms with van der Waals surface area (Å²) in [4.78, 5) is 12.4. The maximum absolute atomic E-state index is 12.4. The summed E-state index contributed by atoms with van der Waals surface area (Å²) in [6, 6.07) is 8.75. The third-order valence-corrected chi connectivity index (χ3v) is 4.14. The van der Waals surface area contributed by atoms with Crippen molar-refractivity contribution in [3.05, 3.63) is 47.3 Å². The highest BCUT2D eigenvalue weighted by molar-refractivity contribution is 5.92. The van der Waals surface area contributed by atoms with Crippen molar-refractivity contribution in [3.8, 4) is 5.75 Å². The van der Waals surface area contributed by atoms with E-state index in [4.69, 9.17) is 5.73 Å². The van der Waals surface area contributed by atoms with Gasteiger partial charge in [-0.15, -0.1) is 0 Å². The molecule has 6 nitrogen and oxygen atoms in total. The van der Waals surface area contributed by atoms with Crippen LogP contribution >= 0.6 is 0 Å². The van der Waals surface area contributed by atoms with E-state index in [-0.39, 0.29) is 23.7 Å². The molecule has 2 unspecified atom stereocenters. The van der Waals surface area contributed by atoms with E-state index in [0.29, 0.717) is 12.1 Å². The number of benzene rings is 1. The fraction of sp³-hybridized carbons (Fsp3) is 0.412. The highest BCUT2D eigenvalue weighted by Crippen LogP contribution is 2.23. The van der Waals surface area contributed by atoms with Gasteiger partial charge in [-0.3, -0.25) is 9.48 Å². The monoisotopic (exact) mass is 314 g/mol. The van der Waals surface area contributed by atoms with Crippen LogP contribution in [0.1, 0.15) is 47.6 Å². The molecule has 1 aromatic carbocycles. The van der Waals surface area contributed by atoms with Crippen LogP contribution in [0.15, 0.2) is 30.3 Å². The molecule has 1 amide bonds. The van der Waals surface area contributed by atoms with Gasteiger partial charge in [0.2, 0.25) is 0 Å². The van der Waals surface area contributed by atoms with E-state index in [1.54, 1.807) is 24.3 Å². The highest BCUT2D eigenvalue weighted by atomic mass is 16.3. The van der Waals surface area contributed by atoms with Crippen LogP contribution in [0.4, 0.5) is 0 Å². The Morgan fingerprint density at radius 3 is 3.09 bits per heavy atom. The number of aromatic hydroxyl groups is 1.